The topological polar surface area (TPSA) is 72.0 Å². The van der Waals surface area contributed by atoms with Crippen molar-refractivity contribution in [3.05, 3.63) is 59.3 Å². The zero-order chi connectivity index (χ0) is 14.9. The van der Waals surface area contributed by atoms with Gasteiger partial charge in [0.1, 0.15) is 0 Å². The number of aromatic nitrogens is 2. The van der Waals surface area contributed by atoms with E-state index in [1.165, 1.54) is 6.07 Å². The van der Waals surface area contributed by atoms with Gasteiger partial charge < -0.3 is 0 Å². The number of sulfonamides is 1. The van der Waals surface area contributed by atoms with E-state index in [9.17, 15) is 8.42 Å². The van der Waals surface area contributed by atoms with Gasteiger partial charge >= 0.3 is 0 Å². The second-order valence-corrected chi connectivity index (χ2v) is 6.92. The van der Waals surface area contributed by atoms with Crippen LogP contribution in [0.4, 0.5) is 5.69 Å². The number of hydrogen-bond donors (Lipinski definition) is 1. The largest absolute Gasteiger partial charge is 0.280 e. The SMILES string of the molecule is O=S(=O)(Nc1ccc2nccnc2c1)c1cccc(Br)c1. The van der Waals surface area contributed by atoms with Gasteiger partial charge in [-0.2, -0.15) is 0 Å². The molecule has 0 aliphatic carbocycles. The first-order valence-corrected chi connectivity index (χ1v) is 8.31. The Hall–Kier alpha value is -1.99. The summed E-state index contributed by atoms with van der Waals surface area (Å²) < 4.78 is 27.9. The van der Waals surface area contributed by atoms with E-state index in [2.05, 4.69) is 30.6 Å². The van der Waals surface area contributed by atoms with Gasteiger partial charge in [-0.1, -0.05) is 22.0 Å². The molecule has 7 heteroatoms. The smallest absolute Gasteiger partial charge is 0.261 e. The quantitative estimate of drug-likeness (QED) is 0.775. The van der Waals surface area contributed by atoms with Crippen molar-refractivity contribution < 1.29 is 8.42 Å². The van der Waals surface area contributed by atoms with Gasteiger partial charge in [-0.25, -0.2) is 8.42 Å². The van der Waals surface area contributed by atoms with E-state index in [-0.39, 0.29) is 4.90 Å². The van der Waals surface area contributed by atoms with Gasteiger partial charge in [0.15, 0.2) is 0 Å². The summed E-state index contributed by atoms with van der Waals surface area (Å²) in [4.78, 5) is 8.49. The molecular formula is C14H10BrN3O2S. The molecule has 0 amide bonds. The summed E-state index contributed by atoms with van der Waals surface area (Å²) >= 11 is 3.26. The molecular weight excluding hydrogens is 354 g/mol. The number of nitrogens with zero attached hydrogens (tertiary/aromatic N) is 2. The van der Waals surface area contributed by atoms with Crippen LogP contribution in [0.3, 0.4) is 0 Å². The number of hydrogen-bond acceptors (Lipinski definition) is 4. The van der Waals surface area contributed by atoms with E-state index in [1.807, 2.05) is 0 Å². The summed E-state index contributed by atoms with van der Waals surface area (Å²) in [5.41, 5.74) is 1.79. The molecule has 0 unspecified atom stereocenters. The summed E-state index contributed by atoms with van der Waals surface area (Å²) in [6, 6.07) is 11.6. The Kier molecular flexibility index (Phi) is 3.60. The molecule has 0 bridgehead atoms. The molecule has 2 aromatic carbocycles. The van der Waals surface area contributed by atoms with Crippen molar-refractivity contribution in [1.82, 2.24) is 9.97 Å². The zero-order valence-electron chi connectivity index (χ0n) is 10.7. The predicted molar refractivity (Wildman–Crippen MR) is 84.5 cm³/mol. The molecule has 0 atom stereocenters. The van der Waals surface area contributed by atoms with Crippen LogP contribution >= 0.6 is 15.9 Å². The van der Waals surface area contributed by atoms with E-state index in [0.717, 1.165) is 0 Å². The Morgan fingerprint density at radius 3 is 2.48 bits per heavy atom. The number of halogens is 1. The van der Waals surface area contributed by atoms with Crippen LogP contribution in [0, 0.1) is 0 Å². The van der Waals surface area contributed by atoms with Crippen LogP contribution < -0.4 is 4.72 Å². The molecule has 0 saturated carbocycles. The number of rotatable bonds is 3. The monoisotopic (exact) mass is 363 g/mol. The van der Waals surface area contributed by atoms with Crippen molar-refractivity contribution in [1.29, 1.82) is 0 Å². The molecule has 21 heavy (non-hydrogen) atoms. The molecule has 0 aliphatic rings. The van der Waals surface area contributed by atoms with E-state index >= 15 is 0 Å². The highest BCUT2D eigenvalue weighted by molar-refractivity contribution is 9.10. The minimum absolute atomic E-state index is 0.191. The molecule has 5 nitrogen and oxygen atoms in total. The van der Waals surface area contributed by atoms with Gasteiger partial charge in [0.25, 0.3) is 10.0 Å². The number of benzene rings is 2. The third-order valence-corrected chi connectivity index (χ3v) is 4.70. The van der Waals surface area contributed by atoms with Crippen LogP contribution in [0.5, 0.6) is 0 Å². The van der Waals surface area contributed by atoms with Crippen molar-refractivity contribution in [2.45, 2.75) is 4.90 Å². The summed E-state index contributed by atoms with van der Waals surface area (Å²) in [6.07, 6.45) is 3.16. The highest BCUT2D eigenvalue weighted by Crippen LogP contribution is 2.21. The fourth-order valence-corrected chi connectivity index (χ4v) is 3.52. The Balaban J connectivity index is 1.97. The van der Waals surface area contributed by atoms with Crippen molar-refractivity contribution >= 4 is 42.7 Å². The molecule has 0 aliphatic heterocycles. The first-order valence-electron chi connectivity index (χ1n) is 6.04. The Morgan fingerprint density at radius 1 is 0.952 bits per heavy atom. The average Bonchev–Trinajstić information content (AvgIpc) is 2.47. The van der Waals surface area contributed by atoms with E-state index in [0.29, 0.717) is 21.2 Å². The minimum atomic E-state index is -3.63. The lowest BCUT2D eigenvalue weighted by Crippen LogP contribution is -2.12. The maximum atomic E-state index is 12.3. The maximum absolute atomic E-state index is 12.3. The number of anilines is 1. The van der Waals surface area contributed by atoms with Crippen LogP contribution in [0.1, 0.15) is 0 Å². The Morgan fingerprint density at radius 2 is 1.71 bits per heavy atom. The Bertz CT molecular complexity index is 913. The number of fused-ring (bicyclic) bond motifs is 1. The van der Waals surface area contributed by atoms with E-state index in [1.54, 1.807) is 48.8 Å². The lowest BCUT2D eigenvalue weighted by Gasteiger charge is -2.08. The zero-order valence-corrected chi connectivity index (χ0v) is 13.1. The van der Waals surface area contributed by atoms with Crippen LogP contribution in [-0.2, 0) is 10.0 Å². The predicted octanol–water partition coefficient (Wildman–Crippen LogP) is 3.19. The minimum Gasteiger partial charge on any atom is -0.280 e. The molecule has 3 aromatic rings. The van der Waals surface area contributed by atoms with Crippen molar-refractivity contribution in [2.75, 3.05) is 4.72 Å². The van der Waals surface area contributed by atoms with Crippen molar-refractivity contribution in [2.24, 2.45) is 0 Å². The summed E-state index contributed by atoms with van der Waals surface area (Å²) in [5.74, 6) is 0. The van der Waals surface area contributed by atoms with Gasteiger partial charge in [-0.15, -0.1) is 0 Å². The maximum Gasteiger partial charge on any atom is 0.261 e. The second kappa shape index (κ2) is 5.42. The fraction of sp³-hybridized carbons (Fsp3) is 0. The number of nitrogens with one attached hydrogen (secondary N) is 1. The van der Waals surface area contributed by atoms with Crippen LogP contribution in [-0.4, -0.2) is 18.4 Å². The van der Waals surface area contributed by atoms with Crippen LogP contribution in [0.15, 0.2) is 64.2 Å². The van der Waals surface area contributed by atoms with Gasteiger partial charge in [0.2, 0.25) is 0 Å². The normalized spacial score (nSPS) is 11.5. The summed E-state index contributed by atoms with van der Waals surface area (Å²) in [6.45, 7) is 0. The van der Waals surface area contributed by atoms with Crippen molar-refractivity contribution in [3.63, 3.8) is 0 Å². The molecule has 0 radical (unpaired) electrons. The standard InChI is InChI=1S/C14H10BrN3O2S/c15-10-2-1-3-12(8-10)21(19,20)18-11-4-5-13-14(9-11)17-7-6-16-13/h1-9,18H. The third-order valence-electron chi connectivity index (χ3n) is 2.83. The molecule has 1 N–H and O–H groups in total. The first kappa shape index (κ1) is 14.0. The molecule has 0 fully saturated rings. The van der Waals surface area contributed by atoms with Gasteiger partial charge in [-0.05, 0) is 36.4 Å². The third kappa shape index (κ3) is 3.03. The molecule has 1 heterocycles. The summed E-state index contributed by atoms with van der Waals surface area (Å²) in [5, 5.41) is 0. The van der Waals surface area contributed by atoms with E-state index in [4.69, 9.17) is 0 Å². The highest BCUT2D eigenvalue weighted by Gasteiger charge is 2.14. The van der Waals surface area contributed by atoms with Crippen LogP contribution in [0.25, 0.3) is 11.0 Å². The fourth-order valence-electron chi connectivity index (χ4n) is 1.87. The van der Waals surface area contributed by atoms with Gasteiger partial charge in [-0.3, -0.25) is 14.7 Å². The molecule has 1 aromatic heterocycles. The first-order chi connectivity index (χ1) is 10.0. The average molecular weight is 364 g/mol. The molecule has 3 rings (SSSR count). The molecule has 0 saturated heterocycles. The lowest BCUT2D eigenvalue weighted by atomic mass is 10.3. The highest BCUT2D eigenvalue weighted by atomic mass is 79.9. The van der Waals surface area contributed by atoms with Crippen LogP contribution in [0.2, 0.25) is 0 Å². The molecule has 106 valence electrons. The van der Waals surface area contributed by atoms with Gasteiger partial charge in [0.05, 0.1) is 21.6 Å². The lowest BCUT2D eigenvalue weighted by molar-refractivity contribution is 0.601. The summed E-state index contributed by atoms with van der Waals surface area (Å²) in [7, 11) is -3.63. The Labute approximate surface area is 130 Å². The second-order valence-electron chi connectivity index (χ2n) is 4.32. The molecule has 0 spiro atoms. The van der Waals surface area contributed by atoms with Gasteiger partial charge in [0, 0.05) is 16.9 Å². The van der Waals surface area contributed by atoms with E-state index < -0.39 is 10.0 Å². The van der Waals surface area contributed by atoms with Crippen molar-refractivity contribution in [3.8, 4) is 0 Å².